The predicted molar refractivity (Wildman–Crippen MR) is 145 cm³/mol. The summed E-state index contributed by atoms with van der Waals surface area (Å²) in [7, 11) is 0. The van der Waals surface area contributed by atoms with Gasteiger partial charge in [-0.25, -0.2) is 4.98 Å². The molecule has 0 aliphatic heterocycles. The van der Waals surface area contributed by atoms with Crippen molar-refractivity contribution in [3.05, 3.63) is 95.0 Å². The number of nitrogens with zero attached hydrogens (tertiary/aromatic N) is 4. The molecule has 1 N–H and O–H groups in total. The zero-order valence-corrected chi connectivity index (χ0v) is 21.0. The van der Waals surface area contributed by atoms with Crippen LogP contribution in [0, 0.1) is 4.77 Å². The molecule has 36 heavy (non-hydrogen) atoms. The van der Waals surface area contributed by atoms with Crippen LogP contribution in [-0.4, -0.2) is 24.3 Å². The van der Waals surface area contributed by atoms with Crippen molar-refractivity contribution in [2.75, 3.05) is 0 Å². The summed E-state index contributed by atoms with van der Waals surface area (Å²) in [6.07, 6.45) is 6.12. The van der Waals surface area contributed by atoms with Crippen LogP contribution in [0.15, 0.2) is 78.9 Å². The number of rotatable bonds is 7. The Labute approximate surface area is 215 Å². The van der Waals surface area contributed by atoms with E-state index in [2.05, 4.69) is 67.9 Å². The molecule has 0 amide bonds. The summed E-state index contributed by atoms with van der Waals surface area (Å²) in [5.41, 5.74) is 4.36. The van der Waals surface area contributed by atoms with Gasteiger partial charge in [0.15, 0.2) is 10.6 Å². The van der Waals surface area contributed by atoms with E-state index in [-0.39, 0.29) is 0 Å². The number of nitrogens with one attached hydrogen (secondary N) is 1. The maximum atomic E-state index is 6.20. The molecule has 1 aliphatic carbocycles. The Hall–Kier alpha value is -3.71. The van der Waals surface area contributed by atoms with E-state index in [4.69, 9.17) is 21.9 Å². The standard InChI is InChI=1S/C29H29N5OS/c36-29-32-31-28(34(29)23-11-5-2-6-12-23)22-15-17-24(18-16-22)35-20-27-30-25-13-7-8-14-26(25)33(27)19-21-9-3-1-4-10-21/h1,3-4,7-10,13-18,23H,2,5-6,11-12,19-20H2,(H,32,36). The van der Waals surface area contributed by atoms with Gasteiger partial charge in [0, 0.05) is 18.2 Å². The first-order valence-electron chi connectivity index (χ1n) is 12.6. The second-order valence-electron chi connectivity index (χ2n) is 9.42. The number of para-hydroxylation sites is 2. The molecule has 0 radical (unpaired) electrons. The first-order valence-corrected chi connectivity index (χ1v) is 13.1. The molecular weight excluding hydrogens is 466 g/mol. The molecule has 182 valence electrons. The van der Waals surface area contributed by atoms with Crippen molar-refractivity contribution in [2.45, 2.75) is 51.3 Å². The van der Waals surface area contributed by atoms with Crippen LogP contribution in [0.4, 0.5) is 0 Å². The molecule has 5 aromatic rings. The van der Waals surface area contributed by atoms with Gasteiger partial charge in [-0.05, 0) is 67.0 Å². The molecule has 0 bridgehead atoms. The molecule has 2 aromatic heterocycles. The summed E-state index contributed by atoms with van der Waals surface area (Å²) in [6.45, 7) is 1.14. The van der Waals surface area contributed by atoms with Crippen LogP contribution < -0.4 is 4.74 Å². The maximum Gasteiger partial charge on any atom is 0.195 e. The lowest BCUT2D eigenvalue weighted by atomic mass is 9.95. The van der Waals surface area contributed by atoms with E-state index in [1.807, 2.05) is 30.3 Å². The third kappa shape index (κ3) is 4.58. The van der Waals surface area contributed by atoms with Crippen molar-refractivity contribution >= 4 is 23.3 Å². The first kappa shape index (κ1) is 22.7. The SMILES string of the molecule is S=c1[nH]nc(-c2ccc(OCc3nc4ccccc4n3Cc3ccccc3)cc2)n1C1CCCCC1. The quantitative estimate of drug-likeness (QED) is 0.245. The van der Waals surface area contributed by atoms with Gasteiger partial charge in [0.2, 0.25) is 0 Å². The molecule has 2 heterocycles. The van der Waals surface area contributed by atoms with Crippen molar-refractivity contribution < 1.29 is 4.74 Å². The fraction of sp³-hybridized carbons (Fsp3) is 0.276. The zero-order valence-electron chi connectivity index (χ0n) is 20.1. The number of aromatic nitrogens is 5. The van der Waals surface area contributed by atoms with Crippen LogP contribution in [0.3, 0.4) is 0 Å². The van der Waals surface area contributed by atoms with E-state index in [9.17, 15) is 0 Å². The van der Waals surface area contributed by atoms with Crippen molar-refractivity contribution in [1.82, 2.24) is 24.3 Å². The Kier molecular flexibility index (Phi) is 6.38. The highest BCUT2D eigenvalue weighted by atomic mass is 32.1. The monoisotopic (exact) mass is 495 g/mol. The van der Waals surface area contributed by atoms with Crippen molar-refractivity contribution in [1.29, 1.82) is 0 Å². The second kappa shape index (κ2) is 10.1. The number of H-pyrrole nitrogens is 1. The first-order chi connectivity index (χ1) is 17.8. The average molecular weight is 496 g/mol. The van der Waals surface area contributed by atoms with Gasteiger partial charge in [0.1, 0.15) is 18.2 Å². The van der Waals surface area contributed by atoms with E-state index in [0.29, 0.717) is 17.4 Å². The molecule has 0 spiro atoms. The smallest absolute Gasteiger partial charge is 0.195 e. The Bertz CT molecular complexity index is 1510. The number of benzene rings is 3. The molecule has 7 heteroatoms. The lowest BCUT2D eigenvalue weighted by Gasteiger charge is -2.24. The number of hydrogen-bond acceptors (Lipinski definition) is 4. The number of hydrogen-bond donors (Lipinski definition) is 1. The van der Waals surface area contributed by atoms with Crippen molar-refractivity contribution in [3.8, 4) is 17.1 Å². The minimum atomic E-state index is 0.391. The van der Waals surface area contributed by atoms with Gasteiger partial charge in [-0.2, -0.15) is 5.10 Å². The van der Waals surface area contributed by atoms with Crippen LogP contribution in [-0.2, 0) is 13.2 Å². The number of fused-ring (bicyclic) bond motifs is 1. The van der Waals surface area contributed by atoms with Gasteiger partial charge in [-0.1, -0.05) is 61.7 Å². The summed E-state index contributed by atoms with van der Waals surface area (Å²) in [4.78, 5) is 4.86. The van der Waals surface area contributed by atoms with Gasteiger partial charge < -0.3 is 9.30 Å². The highest BCUT2D eigenvalue weighted by Crippen LogP contribution is 2.32. The van der Waals surface area contributed by atoms with E-state index >= 15 is 0 Å². The molecule has 1 fully saturated rings. The minimum Gasteiger partial charge on any atom is -0.486 e. The lowest BCUT2D eigenvalue weighted by Crippen LogP contribution is -2.14. The third-order valence-electron chi connectivity index (χ3n) is 7.04. The molecule has 6 nitrogen and oxygen atoms in total. The van der Waals surface area contributed by atoms with Crippen molar-refractivity contribution in [3.63, 3.8) is 0 Å². The topological polar surface area (TPSA) is 60.7 Å². The lowest BCUT2D eigenvalue weighted by molar-refractivity contribution is 0.291. The third-order valence-corrected chi connectivity index (χ3v) is 7.33. The highest BCUT2D eigenvalue weighted by Gasteiger charge is 2.20. The second-order valence-corrected chi connectivity index (χ2v) is 9.80. The predicted octanol–water partition coefficient (Wildman–Crippen LogP) is 7.09. The van der Waals surface area contributed by atoms with Crippen LogP contribution in [0.2, 0.25) is 0 Å². The largest absolute Gasteiger partial charge is 0.486 e. The molecule has 0 unspecified atom stereocenters. The molecule has 0 atom stereocenters. The summed E-state index contributed by atoms with van der Waals surface area (Å²) < 4.78 is 11.3. The summed E-state index contributed by atoms with van der Waals surface area (Å²) in [5.74, 6) is 2.61. The highest BCUT2D eigenvalue weighted by molar-refractivity contribution is 7.71. The van der Waals surface area contributed by atoms with Gasteiger partial charge in [-0.3, -0.25) is 9.67 Å². The molecule has 0 saturated heterocycles. The van der Waals surface area contributed by atoms with Crippen LogP contribution in [0.5, 0.6) is 5.75 Å². The van der Waals surface area contributed by atoms with E-state index in [0.717, 1.165) is 53.4 Å². The van der Waals surface area contributed by atoms with E-state index in [1.165, 1.54) is 24.8 Å². The normalized spacial score (nSPS) is 14.3. The fourth-order valence-electron chi connectivity index (χ4n) is 5.21. The van der Waals surface area contributed by atoms with E-state index in [1.54, 1.807) is 0 Å². The Morgan fingerprint density at radius 3 is 2.44 bits per heavy atom. The number of aromatic amines is 1. The summed E-state index contributed by atoms with van der Waals surface area (Å²) >= 11 is 5.57. The molecule has 1 aliphatic rings. The van der Waals surface area contributed by atoms with Crippen LogP contribution in [0.1, 0.15) is 49.5 Å². The zero-order chi connectivity index (χ0) is 24.3. The van der Waals surface area contributed by atoms with Crippen LogP contribution in [0.25, 0.3) is 22.4 Å². The number of imidazole rings is 1. The summed E-state index contributed by atoms with van der Waals surface area (Å²) in [5, 5.41) is 7.56. The Morgan fingerprint density at radius 2 is 1.64 bits per heavy atom. The van der Waals surface area contributed by atoms with E-state index < -0.39 is 0 Å². The Morgan fingerprint density at radius 1 is 0.889 bits per heavy atom. The minimum absolute atomic E-state index is 0.391. The maximum absolute atomic E-state index is 6.20. The molecular formula is C29H29N5OS. The molecule has 6 rings (SSSR count). The summed E-state index contributed by atoms with van der Waals surface area (Å²) in [6, 6.07) is 27.2. The van der Waals surface area contributed by atoms with Gasteiger partial charge in [-0.15, -0.1) is 0 Å². The van der Waals surface area contributed by atoms with Gasteiger partial charge in [0.05, 0.1) is 11.0 Å². The fourth-order valence-corrected chi connectivity index (χ4v) is 5.49. The Balaban J connectivity index is 1.22. The van der Waals surface area contributed by atoms with Gasteiger partial charge >= 0.3 is 0 Å². The number of ether oxygens (including phenoxy) is 1. The molecule has 1 saturated carbocycles. The van der Waals surface area contributed by atoms with Crippen LogP contribution >= 0.6 is 12.2 Å². The average Bonchev–Trinajstić information content (AvgIpc) is 3.49. The van der Waals surface area contributed by atoms with Gasteiger partial charge in [0.25, 0.3) is 0 Å². The van der Waals surface area contributed by atoms with Crippen molar-refractivity contribution in [2.24, 2.45) is 0 Å². The molecule has 3 aromatic carbocycles.